The van der Waals surface area contributed by atoms with Gasteiger partial charge in [-0.3, -0.25) is 9.36 Å². The Kier molecular flexibility index (Phi) is 6.69. The average Bonchev–Trinajstić information content (AvgIpc) is 3.15. The molecule has 0 saturated carbocycles. The fraction of sp³-hybridized carbons (Fsp3) is 0.200. The highest BCUT2D eigenvalue weighted by Gasteiger charge is 2.18. The molecule has 28 heavy (non-hydrogen) atoms. The number of rotatable bonds is 7. The summed E-state index contributed by atoms with van der Waals surface area (Å²) in [7, 11) is 0. The van der Waals surface area contributed by atoms with Crippen molar-refractivity contribution in [1.82, 2.24) is 14.8 Å². The van der Waals surface area contributed by atoms with Gasteiger partial charge in [-0.05, 0) is 36.8 Å². The summed E-state index contributed by atoms with van der Waals surface area (Å²) in [5.74, 6) is 0.0459. The van der Waals surface area contributed by atoms with E-state index in [-0.39, 0.29) is 18.1 Å². The van der Waals surface area contributed by atoms with Crippen LogP contribution in [-0.2, 0) is 4.79 Å². The summed E-state index contributed by atoms with van der Waals surface area (Å²) in [6, 6.07) is 17.1. The van der Waals surface area contributed by atoms with Gasteiger partial charge in [0.05, 0.1) is 23.9 Å². The van der Waals surface area contributed by atoms with E-state index in [1.54, 1.807) is 29.4 Å². The number of benzene rings is 2. The standard InChI is InChI=1S/C20H18ClN5OS/c1-15-6-2-3-9-18(15)26-14-23-24-20(26)28-13-19(27)25(11-5-10-22)17-8-4-7-16(21)12-17/h2-4,6-9,12,14H,5,11,13H2,1H3. The third kappa shape index (κ3) is 4.71. The smallest absolute Gasteiger partial charge is 0.237 e. The lowest BCUT2D eigenvalue weighted by molar-refractivity contribution is -0.116. The van der Waals surface area contributed by atoms with Crippen molar-refractivity contribution in [3.05, 3.63) is 65.4 Å². The van der Waals surface area contributed by atoms with Crippen molar-refractivity contribution in [2.24, 2.45) is 0 Å². The SMILES string of the molecule is Cc1ccccc1-n1cnnc1SCC(=O)N(CCC#N)c1cccc(Cl)c1. The van der Waals surface area contributed by atoms with Crippen LogP contribution >= 0.6 is 23.4 Å². The number of hydrogen-bond acceptors (Lipinski definition) is 5. The van der Waals surface area contributed by atoms with Crippen molar-refractivity contribution in [2.45, 2.75) is 18.5 Å². The van der Waals surface area contributed by atoms with Gasteiger partial charge in [-0.1, -0.05) is 47.6 Å². The molecule has 0 fully saturated rings. The zero-order valence-electron chi connectivity index (χ0n) is 15.2. The first-order valence-corrected chi connectivity index (χ1v) is 9.98. The van der Waals surface area contributed by atoms with E-state index in [0.29, 0.717) is 22.4 Å². The molecule has 8 heteroatoms. The van der Waals surface area contributed by atoms with Gasteiger partial charge in [-0.25, -0.2) is 0 Å². The normalized spacial score (nSPS) is 10.5. The van der Waals surface area contributed by atoms with Crippen molar-refractivity contribution in [3.63, 3.8) is 0 Å². The zero-order valence-corrected chi connectivity index (χ0v) is 16.8. The Balaban J connectivity index is 1.76. The summed E-state index contributed by atoms with van der Waals surface area (Å²) < 4.78 is 1.87. The summed E-state index contributed by atoms with van der Waals surface area (Å²) in [5.41, 5.74) is 2.73. The summed E-state index contributed by atoms with van der Waals surface area (Å²) in [6.45, 7) is 2.32. The molecule has 0 bridgehead atoms. The average molecular weight is 412 g/mol. The third-order valence-electron chi connectivity index (χ3n) is 4.08. The number of nitriles is 1. The highest BCUT2D eigenvalue weighted by Crippen LogP contribution is 2.24. The molecule has 1 heterocycles. The Hall–Kier alpha value is -2.82. The minimum absolute atomic E-state index is 0.123. The first-order chi connectivity index (χ1) is 13.6. The van der Waals surface area contributed by atoms with Crippen LogP contribution in [0.3, 0.4) is 0 Å². The number of aromatic nitrogens is 3. The molecule has 0 N–H and O–H groups in total. The molecule has 0 aliphatic rings. The Bertz CT molecular complexity index is 1010. The number of halogens is 1. The molecular weight excluding hydrogens is 394 g/mol. The van der Waals surface area contributed by atoms with E-state index in [2.05, 4.69) is 16.3 Å². The maximum absolute atomic E-state index is 12.9. The van der Waals surface area contributed by atoms with Crippen LogP contribution in [-0.4, -0.2) is 33.0 Å². The Labute approximate surface area is 172 Å². The Morgan fingerprint density at radius 2 is 2.11 bits per heavy atom. The predicted molar refractivity (Wildman–Crippen MR) is 111 cm³/mol. The van der Waals surface area contributed by atoms with Crippen LogP contribution in [0.2, 0.25) is 5.02 Å². The molecule has 0 atom stereocenters. The lowest BCUT2D eigenvalue weighted by atomic mass is 10.2. The largest absolute Gasteiger partial charge is 0.311 e. The van der Waals surface area contributed by atoms with Gasteiger partial charge in [-0.2, -0.15) is 5.26 Å². The second-order valence-electron chi connectivity index (χ2n) is 5.99. The molecule has 0 unspecified atom stereocenters. The van der Waals surface area contributed by atoms with Gasteiger partial charge in [0.1, 0.15) is 6.33 Å². The highest BCUT2D eigenvalue weighted by atomic mass is 35.5. The van der Waals surface area contributed by atoms with Gasteiger partial charge in [0.25, 0.3) is 0 Å². The van der Waals surface area contributed by atoms with E-state index in [0.717, 1.165) is 11.3 Å². The van der Waals surface area contributed by atoms with Crippen molar-refractivity contribution >= 4 is 35.0 Å². The van der Waals surface area contributed by atoms with Crippen molar-refractivity contribution in [3.8, 4) is 11.8 Å². The lowest BCUT2D eigenvalue weighted by Gasteiger charge is -2.22. The molecule has 1 aromatic heterocycles. The minimum atomic E-state index is -0.123. The predicted octanol–water partition coefficient (Wildman–Crippen LogP) is 4.27. The topological polar surface area (TPSA) is 74.8 Å². The first kappa shape index (κ1) is 19.9. The number of anilines is 1. The molecule has 6 nitrogen and oxygen atoms in total. The Morgan fingerprint density at radius 3 is 2.86 bits per heavy atom. The van der Waals surface area contributed by atoms with E-state index in [1.807, 2.05) is 41.8 Å². The van der Waals surface area contributed by atoms with Crippen LogP contribution in [0, 0.1) is 18.3 Å². The summed E-state index contributed by atoms with van der Waals surface area (Å²) in [5, 5.41) is 18.2. The molecule has 2 aromatic carbocycles. The number of nitrogens with zero attached hydrogens (tertiary/aromatic N) is 5. The van der Waals surface area contributed by atoms with E-state index in [9.17, 15) is 4.79 Å². The third-order valence-corrected chi connectivity index (χ3v) is 5.25. The fourth-order valence-corrected chi connectivity index (χ4v) is 3.71. The van der Waals surface area contributed by atoms with E-state index >= 15 is 0 Å². The molecule has 0 spiro atoms. The number of thioether (sulfide) groups is 1. The molecule has 1 amide bonds. The molecule has 3 rings (SSSR count). The van der Waals surface area contributed by atoms with E-state index in [4.69, 9.17) is 16.9 Å². The van der Waals surface area contributed by atoms with Crippen molar-refractivity contribution < 1.29 is 4.79 Å². The van der Waals surface area contributed by atoms with Crippen LogP contribution in [0.4, 0.5) is 5.69 Å². The number of hydrogen-bond donors (Lipinski definition) is 0. The van der Waals surface area contributed by atoms with Crippen molar-refractivity contribution in [2.75, 3.05) is 17.2 Å². The fourth-order valence-electron chi connectivity index (χ4n) is 2.73. The molecule has 3 aromatic rings. The van der Waals surface area contributed by atoms with E-state index in [1.165, 1.54) is 11.8 Å². The molecule has 0 radical (unpaired) electrons. The molecule has 0 aliphatic heterocycles. The molecule has 142 valence electrons. The Morgan fingerprint density at radius 1 is 1.29 bits per heavy atom. The lowest BCUT2D eigenvalue weighted by Crippen LogP contribution is -2.33. The summed E-state index contributed by atoms with van der Waals surface area (Å²) in [6.07, 6.45) is 1.88. The molecule has 0 aliphatic carbocycles. The molecular formula is C20H18ClN5OS. The first-order valence-electron chi connectivity index (χ1n) is 8.62. The van der Waals surface area contributed by atoms with Crippen LogP contribution < -0.4 is 4.90 Å². The van der Waals surface area contributed by atoms with Crippen molar-refractivity contribution in [1.29, 1.82) is 5.26 Å². The highest BCUT2D eigenvalue weighted by molar-refractivity contribution is 7.99. The number of para-hydroxylation sites is 1. The quantitative estimate of drug-likeness (QED) is 0.543. The van der Waals surface area contributed by atoms with Crippen LogP contribution in [0.15, 0.2) is 60.0 Å². The second-order valence-corrected chi connectivity index (χ2v) is 7.37. The van der Waals surface area contributed by atoms with Gasteiger partial charge in [0, 0.05) is 17.3 Å². The van der Waals surface area contributed by atoms with E-state index < -0.39 is 0 Å². The summed E-state index contributed by atoms with van der Waals surface area (Å²) in [4.78, 5) is 14.4. The number of carbonyl (C=O) groups is 1. The van der Waals surface area contributed by atoms with Crippen LogP contribution in [0.25, 0.3) is 5.69 Å². The maximum Gasteiger partial charge on any atom is 0.237 e. The van der Waals surface area contributed by atoms with Gasteiger partial charge in [0.2, 0.25) is 5.91 Å². The molecule has 0 saturated heterocycles. The maximum atomic E-state index is 12.9. The van der Waals surface area contributed by atoms with Gasteiger partial charge in [-0.15, -0.1) is 10.2 Å². The summed E-state index contributed by atoms with van der Waals surface area (Å²) >= 11 is 7.37. The van der Waals surface area contributed by atoms with Crippen LogP contribution in [0.5, 0.6) is 0 Å². The van der Waals surface area contributed by atoms with Crippen LogP contribution in [0.1, 0.15) is 12.0 Å². The number of aryl methyl sites for hydroxylation is 1. The zero-order chi connectivity index (χ0) is 19.9. The number of carbonyl (C=O) groups excluding carboxylic acids is 1. The van der Waals surface area contributed by atoms with Gasteiger partial charge >= 0.3 is 0 Å². The monoisotopic (exact) mass is 411 g/mol. The second kappa shape index (κ2) is 9.40. The minimum Gasteiger partial charge on any atom is -0.311 e. The van der Waals surface area contributed by atoms with Gasteiger partial charge in [0.15, 0.2) is 5.16 Å². The van der Waals surface area contributed by atoms with Gasteiger partial charge < -0.3 is 4.90 Å². The number of amides is 1.